The summed E-state index contributed by atoms with van der Waals surface area (Å²) in [6, 6.07) is 6.12. The van der Waals surface area contributed by atoms with Crippen LogP contribution in [0.2, 0.25) is 0 Å². The van der Waals surface area contributed by atoms with Gasteiger partial charge >= 0.3 is 0 Å². The van der Waals surface area contributed by atoms with Gasteiger partial charge in [0, 0.05) is 24.7 Å². The van der Waals surface area contributed by atoms with E-state index in [1.165, 1.54) is 4.31 Å². The summed E-state index contributed by atoms with van der Waals surface area (Å²) in [5.41, 5.74) is 3.23. The minimum Gasteiger partial charge on any atom is -0.325 e. The van der Waals surface area contributed by atoms with E-state index in [0.717, 1.165) is 29.7 Å². The van der Waals surface area contributed by atoms with Gasteiger partial charge in [0.25, 0.3) is 0 Å². The number of hydrogen-bond donors (Lipinski definition) is 1. The second-order valence-corrected chi connectivity index (χ2v) is 8.48. The third-order valence-corrected chi connectivity index (χ3v) is 6.71. The zero-order valence-corrected chi connectivity index (χ0v) is 15.7. The van der Waals surface area contributed by atoms with Gasteiger partial charge in [-0.1, -0.05) is 32.0 Å². The van der Waals surface area contributed by atoms with Crippen molar-refractivity contribution in [1.82, 2.24) is 4.31 Å². The molecule has 1 aromatic rings. The van der Waals surface area contributed by atoms with Crippen molar-refractivity contribution in [1.29, 1.82) is 0 Å². The van der Waals surface area contributed by atoms with Crippen molar-refractivity contribution in [2.75, 3.05) is 24.2 Å². The molecule has 24 heavy (non-hydrogen) atoms. The summed E-state index contributed by atoms with van der Waals surface area (Å²) < 4.78 is 25.3. The lowest BCUT2D eigenvalue weighted by molar-refractivity contribution is -0.120. The molecule has 1 fully saturated rings. The molecule has 0 atom stereocenters. The Kier molecular flexibility index (Phi) is 6.40. The van der Waals surface area contributed by atoms with E-state index in [-0.39, 0.29) is 17.6 Å². The molecule has 2 rings (SSSR count). The maximum atomic E-state index is 12.7. The maximum absolute atomic E-state index is 12.7. The van der Waals surface area contributed by atoms with E-state index in [1.807, 2.05) is 18.2 Å². The van der Waals surface area contributed by atoms with Gasteiger partial charge in [0.05, 0.1) is 5.75 Å². The number of amides is 1. The van der Waals surface area contributed by atoms with Crippen molar-refractivity contribution in [3.05, 3.63) is 29.3 Å². The summed E-state index contributed by atoms with van der Waals surface area (Å²) in [4.78, 5) is 12.7. The summed E-state index contributed by atoms with van der Waals surface area (Å²) >= 11 is 0. The van der Waals surface area contributed by atoms with Crippen molar-refractivity contribution >= 4 is 21.6 Å². The van der Waals surface area contributed by atoms with E-state index in [4.69, 9.17) is 0 Å². The molecule has 0 bridgehead atoms. The number of nitrogens with zero attached hydrogens (tertiary/aromatic N) is 1. The normalized spacial score (nSPS) is 17.0. The van der Waals surface area contributed by atoms with Crippen LogP contribution in [0.15, 0.2) is 18.2 Å². The van der Waals surface area contributed by atoms with Gasteiger partial charge in [-0.25, -0.2) is 12.7 Å². The van der Waals surface area contributed by atoms with Gasteiger partial charge in [-0.15, -0.1) is 0 Å². The number of rotatable bonds is 6. The fourth-order valence-electron chi connectivity index (χ4n) is 3.21. The van der Waals surface area contributed by atoms with Gasteiger partial charge in [-0.3, -0.25) is 4.79 Å². The molecule has 5 nitrogen and oxygen atoms in total. The smallest absolute Gasteiger partial charge is 0.227 e. The molecule has 0 unspecified atom stereocenters. The van der Waals surface area contributed by atoms with Crippen LogP contribution in [0.3, 0.4) is 0 Å². The van der Waals surface area contributed by atoms with Gasteiger partial charge in [0.1, 0.15) is 0 Å². The molecule has 1 aliphatic rings. The van der Waals surface area contributed by atoms with Gasteiger partial charge < -0.3 is 5.32 Å². The van der Waals surface area contributed by atoms with Crippen molar-refractivity contribution < 1.29 is 13.2 Å². The van der Waals surface area contributed by atoms with Crippen molar-refractivity contribution in [3.63, 3.8) is 0 Å². The standard InChI is InChI=1S/C18H28N2O3S/c1-4-14-8-7-9-15(5-2)17(14)19-18(21)16-10-12-20(13-11-16)24(22,23)6-3/h7-9,16H,4-6,10-13H2,1-3H3,(H,19,21). The topological polar surface area (TPSA) is 66.5 Å². The molecule has 134 valence electrons. The Bertz CT molecular complexity index is 655. The summed E-state index contributed by atoms with van der Waals surface area (Å²) in [6.45, 7) is 6.69. The van der Waals surface area contributed by atoms with Gasteiger partial charge in [-0.05, 0) is 43.7 Å². The second-order valence-electron chi connectivity index (χ2n) is 6.22. The summed E-state index contributed by atoms with van der Waals surface area (Å²) in [7, 11) is -3.15. The number of anilines is 1. The van der Waals surface area contributed by atoms with Crippen molar-refractivity contribution in [2.24, 2.45) is 5.92 Å². The minimum atomic E-state index is -3.15. The highest BCUT2D eigenvalue weighted by atomic mass is 32.2. The maximum Gasteiger partial charge on any atom is 0.227 e. The zero-order valence-electron chi connectivity index (χ0n) is 14.8. The molecular weight excluding hydrogens is 324 g/mol. The van der Waals surface area contributed by atoms with E-state index in [0.29, 0.717) is 25.9 Å². The average Bonchev–Trinajstić information content (AvgIpc) is 2.61. The quantitative estimate of drug-likeness (QED) is 0.856. The van der Waals surface area contributed by atoms with Crippen molar-refractivity contribution in [3.8, 4) is 0 Å². The highest BCUT2D eigenvalue weighted by Crippen LogP contribution is 2.26. The molecule has 1 N–H and O–H groups in total. The van der Waals surface area contributed by atoms with Crippen LogP contribution >= 0.6 is 0 Å². The van der Waals surface area contributed by atoms with Crippen LogP contribution in [0.5, 0.6) is 0 Å². The van der Waals surface area contributed by atoms with Gasteiger partial charge in [0.2, 0.25) is 15.9 Å². The molecular formula is C18H28N2O3S. The van der Waals surface area contributed by atoms with E-state index < -0.39 is 10.0 Å². The number of piperidine rings is 1. The Hall–Kier alpha value is -1.40. The van der Waals surface area contributed by atoms with E-state index in [2.05, 4.69) is 19.2 Å². The molecule has 1 aliphatic heterocycles. The molecule has 0 radical (unpaired) electrons. The highest BCUT2D eigenvalue weighted by Gasteiger charge is 2.30. The first-order valence-corrected chi connectivity index (χ1v) is 10.4. The number of sulfonamides is 1. The fraction of sp³-hybridized carbons (Fsp3) is 0.611. The first kappa shape index (κ1) is 18.9. The molecule has 0 spiro atoms. The lowest BCUT2D eigenvalue weighted by Gasteiger charge is -2.30. The third kappa shape index (κ3) is 4.16. The molecule has 1 aromatic carbocycles. The molecule has 6 heteroatoms. The highest BCUT2D eigenvalue weighted by molar-refractivity contribution is 7.89. The monoisotopic (exact) mass is 352 g/mol. The molecule has 0 aliphatic carbocycles. The summed E-state index contributed by atoms with van der Waals surface area (Å²) in [5, 5.41) is 3.11. The molecule has 1 saturated heterocycles. The van der Waals surface area contributed by atoms with Crippen LogP contribution in [-0.2, 0) is 27.7 Å². The lowest BCUT2D eigenvalue weighted by atomic mass is 9.96. The Morgan fingerprint density at radius 2 is 1.67 bits per heavy atom. The van der Waals surface area contributed by atoms with Crippen LogP contribution < -0.4 is 5.32 Å². The summed E-state index contributed by atoms with van der Waals surface area (Å²) in [5.74, 6) is 0.00946. The van der Waals surface area contributed by atoms with Crippen LogP contribution in [0.4, 0.5) is 5.69 Å². The lowest BCUT2D eigenvalue weighted by Crippen LogP contribution is -2.42. The van der Waals surface area contributed by atoms with E-state index >= 15 is 0 Å². The number of benzene rings is 1. The van der Waals surface area contributed by atoms with E-state index in [9.17, 15) is 13.2 Å². The van der Waals surface area contributed by atoms with Gasteiger partial charge in [0.15, 0.2) is 0 Å². The minimum absolute atomic E-state index is 0.0131. The van der Waals surface area contributed by atoms with Crippen LogP contribution in [-0.4, -0.2) is 37.5 Å². The number of carbonyl (C=O) groups is 1. The predicted molar refractivity (Wildman–Crippen MR) is 97.6 cm³/mol. The largest absolute Gasteiger partial charge is 0.325 e. The van der Waals surface area contributed by atoms with E-state index in [1.54, 1.807) is 6.92 Å². The summed E-state index contributed by atoms with van der Waals surface area (Å²) in [6.07, 6.45) is 2.91. The number of para-hydroxylation sites is 1. The van der Waals surface area contributed by atoms with Crippen LogP contribution in [0.1, 0.15) is 44.7 Å². The fourth-order valence-corrected chi connectivity index (χ4v) is 4.34. The average molecular weight is 353 g/mol. The Labute approximate surface area is 145 Å². The molecule has 1 amide bonds. The Balaban J connectivity index is 2.05. The van der Waals surface area contributed by atoms with Crippen LogP contribution in [0, 0.1) is 5.92 Å². The second kappa shape index (κ2) is 8.12. The SMILES string of the molecule is CCc1cccc(CC)c1NC(=O)C1CCN(S(=O)(=O)CC)CC1. The first-order chi connectivity index (χ1) is 11.4. The Morgan fingerprint density at radius 1 is 1.12 bits per heavy atom. The third-order valence-electron chi connectivity index (χ3n) is 4.83. The van der Waals surface area contributed by atoms with Gasteiger partial charge in [-0.2, -0.15) is 0 Å². The Morgan fingerprint density at radius 3 is 2.12 bits per heavy atom. The van der Waals surface area contributed by atoms with Crippen LogP contribution in [0.25, 0.3) is 0 Å². The molecule has 1 heterocycles. The number of carbonyl (C=O) groups excluding carboxylic acids is 1. The number of hydrogen-bond acceptors (Lipinski definition) is 3. The number of nitrogens with one attached hydrogen (secondary N) is 1. The molecule has 0 saturated carbocycles. The zero-order chi connectivity index (χ0) is 17.7. The first-order valence-electron chi connectivity index (χ1n) is 8.82. The number of aryl methyl sites for hydroxylation is 2. The van der Waals surface area contributed by atoms with Crippen molar-refractivity contribution in [2.45, 2.75) is 46.5 Å². The molecule has 0 aromatic heterocycles. The predicted octanol–water partition coefficient (Wildman–Crippen LogP) is 2.81.